The Labute approximate surface area is 112 Å². The molecule has 0 aliphatic heterocycles. The van der Waals surface area contributed by atoms with Crippen molar-refractivity contribution in [1.29, 1.82) is 0 Å². The number of nitrogens with zero attached hydrogens (tertiary/aromatic N) is 1. The van der Waals surface area contributed by atoms with Gasteiger partial charge < -0.3 is 15.2 Å². The van der Waals surface area contributed by atoms with Crippen LogP contribution in [0.3, 0.4) is 0 Å². The molecule has 1 heterocycles. The largest absolute Gasteiger partial charge is 0.350 e. The third-order valence-electron chi connectivity index (χ3n) is 3.21. The molecule has 0 radical (unpaired) electrons. The van der Waals surface area contributed by atoms with Crippen LogP contribution in [0.2, 0.25) is 5.02 Å². The fourth-order valence-electron chi connectivity index (χ4n) is 2.03. The average Bonchev–Trinajstić information content (AvgIpc) is 2.76. The van der Waals surface area contributed by atoms with Crippen molar-refractivity contribution in [3.8, 4) is 0 Å². The Morgan fingerprint density at radius 2 is 2.11 bits per heavy atom. The van der Waals surface area contributed by atoms with Gasteiger partial charge in [0.25, 0.3) is 0 Å². The van der Waals surface area contributed by atoms with Gasteiger partial charge in [-0.15, -0.1) is 0 Å². The number of halogens is 1. The number of H-pyrrole nitrogens is 1. The summed E-state index contributed by atoms with van der Waals surface area (Å²) in [6.45, 7) is 8.77. The minimum atomic E-state index is 0.727. The smallest absolute Gasteiger partial charge is 0.201 e. The number of hydrogen-bond donors (Lipinski definition) is 3. The Morgan fingerprint density at radius 3 is 2.83 bits per heavy atom. The van der Waals surface area contributed by atoms with Crippen LogP contribution in [-0.2, 0) is 0 Å². The van der Waals surface area contributed by atoms with Crippen LogP contribution < -0.4 is 10.2 Å². The van der Waals surface area contributed by atoms with Crippen molar-refractivity contribution in [3.05, 3.63) is 23.2 Å². The Balaban J connectivity index is 1.95. The minimum absolute atomic E-state index is 0.727. The Hall–Kier alpha value is -1.26. The summed E-state index contributed by atoms with van der Waals surface area (Å²) in [5.41, 5.74) is 1.91. The molecule has 0 unspecified atom stereocenters. The first-order valence-corrected chi connectivity index (χ1v) is 6.83. The third kappa shape index (κ3) is 3.15. The quantitative estimate of drug-likeness (QED) is 0.744. The number of aromatic amines is 1. The minimum Gasteiger partial charge on any atom is -0.350 e. The molecule has 18 heavy (non-hydrogen) atoms. The van der Waals surface area contributed by atoms with E-state index < -0.39 is 0 Å². The number of aromatic nitrogens is 2. The van der Waals surface area contributed by atoms with Crippen LogP contribution in [0.4, 0.5) is 5.95 Å². The zero-order chi connectivity index (χ0) is 13.0. The van der Waals surface area contributed by atoms with Gasteiger partial charge in [-0.1, -0.05) is 11.6 Å². The van der Waals surface area contributed by atoms with Crippen molar-refractivity contribution < 1.29 is 4.90 Å². The molecule has 0 fully saturated rings. The first-order chi connectivity index (χ1) is 8.72. The maximum absolute atomic E-state index is 5.94. The molecule has 0 bridgehead atoms. The molecule has 0 saturated heterocycles. The van der Waals surface area contributed by atoms with Crippen LogP contribution in [0, 0.1) is 0 Å². The summed E-state index contributed by atoms with van der Waals surface area (Å²) < 4.78 is 0. The standard InChI is InChI=1S/C13H19ClN4/c1-3-18(4-2)8-7-15-13-16-11-6-5-10(14)9-12(11)17-13/h5-6,9H,3-4,7-8H2,1-2H3,(H2,15,16,17)/p+1. The maximum atomic E-state index is 5.94. The van der Waals surface area contributed by atoms with Gasteiger partial charge in [-0.2, -0.15) is 0 Å². The molecular formula is C13H20ClN4+. The molecule has 1 aromatic heterocycles. The summed E-state index contributed by atoms with van der Waals surface area (Å²) in [4.78, 5) is 9.28. The van der Waals surface area contributed by atoms with Gasteiger partial charge in [-0.25, -0.2) is 4.98 Å². The normalized spacial score (nSPS) is 11.3. The number of rotatable bonds is 6. The number of imidazole rings is 1. The van der Waals surface area contributed by atoms with E-state index in [9.17, 15) is 0 Å². The molecule has 2 aromatic rings. The van der Waals surface area contributed by atoms with Crippen LogP contribution in [-0.4, -0.2) is 36.1 Å². The molecule has 1 aromatic carbocycles. The number of fused-ring (bicyclic) bond motifs is 1. The first-order valence-electron chi connectivity index (χ1n) is 6.45. The lowest BCUT2D eigenvalue weighted by molar-refractivity contribution is -0.894. The van der Waals surface area contributed by atoms with Gasteiger partial charge in [0.2, 0.25) is 5.95 Å². The van der Waals surface area contributed by atoms with Gasteiger partial charge in [-0.05, 0) is 32.0 Å². The van der Waals surface area contributed by atoms with E-state index in [1.807, 2.05) is 18.2 Å². The van der Waals surface area contributed by atoms with E-state index >= 15 is 0 Å². The number of quaternary nitrogens is 1. The van der Waals surface area contributed by atoms with Crippen LogP contribution in [0.5, 0.6) is 0 Å². The van der Waals surface area contributed by atoms with Crippen molar-refractivity contribution in [2.24, 2.45) is 0 Å². The predicted molar refractivity (Wildman–Crippen MR) is 76.5 cm³/mol. The van der Waals surface area contributed by atoms with Crippen molar-refractivity contribution in [2.45, 2.75) is 13.8 Å². The second-order valence-electron chi connectivity index (χ2n) is 4.38. The third-order valence-corrected chi connectivity index (χ3v) is 3.45. The molecule has 5 heteroatoms. The lowest BCUT2D eigenvalue weighted by atomic mass is 10.3. The summed E-state index contributed by atoms with van der Waals surface area (Å²) >= 11 is 5.94. The number of hydrogen-bond acceptors (Lipinski definition) is 2. The van der Waals surface area contributed by atoms with Crippen LogP contribution in [0.25, 0.3) is 11.0 Å². The fraction of sp³-hybridized carbons (Fsp3) is 0.462. The van der Waals surface area contributed by atoms with Crippen LogP contribution in [0.15, 0.2) is 18.2 Å². The van der Waals surface area contributed by atoms with E-state index in [0.29, 0.717) is 0 Å². The van der Waals surface area contributed by atoms with Crippen molar-refractivity contribution in [3.63, 3.8) is 0 Å². The molecular weight excluding hydrogens is 248 g/mol. The zero-order valence-electron chi connectivity index (χ0n) is 10.9. The lowest BCUT2D eigenvalue weighted by Gasteiger charge is -2.15. The number of likely N-dealkylation sites (N-methyl/N-ethyl adjacent to an activating group) is 1. The molecule has 98 valence electrons. The molecule has 0 amide bonds. The van der Waals surface area contributed by atoms with Gasteiger partial charge in [0.15, 0.2) is 0 Å². The summed E-state index contributed by atoms with van der Waals surface area (Å²) in [5, 5.41) is 4.05. The molecule has 0 spiro atoms. The van der Waals surface area contributed by atoms with Gasteiger partial charge in [0.1, 0.15) is 0 Å². The molecule has 0 atom stereocenters. The number of nitrogens with one attached hydrogen (secondary N) is 3. The predicted octanol–water partition coefficient (Wildman–Crippen LogP) is 1.55. The second-order valence-corrected chi connectivity index (χ2v) is 4.82. The molecule has 3 N–H and O–H groups in total. The fourth-order valence-corrected chi connectivity index (χ4v) is 2.20. The van der Waals surface area contributed by atoms with Gasteiger partial charge in [-0.3, -0.25) is 0 Å². The van der Waals surface area contributed by atoms with Crippen molar-refractivity contribution >= 4 is 28.6 Å². The summed E-state index contributed by atoms with van der Waals surface area (Å²) in [5.74, 6) is 0.818. The number of benzene rings is 1. The average molecular weight is 268 g/mol. The molecule has 0 saturated carbocycles. The summed E-state index contributed by atoms with van der Waals surface area (Å²) in [6.07, 6.45) is 0. The van der Waals surface area contributed by atoms with Crippen molar-refractivity contribution in [1.82, 2.24) is 9.97 Å². The van der Waals surface area contributed by atoms with E-state index in [1.54, 1.807) is 4.90 Å². The Bertz CT molecular complexity index is 505. The SMILES string of the molecule is CC[NH+](CC)CCNc1nc2ccc(Cl)cc2[nH]1. The first kappa shape index (κ1) is 13.2. The molecule has 0 aliphatic carbocycles. The molecule has 2 rings (SSSR count). The highest BCUT2D eigenvalue weighted by Crippen LogP contribution is 2.18. The topological polar surface area (TPSA) is 45.1 Å². The highest BCUT2D eigenvalue weighted by Gasteiger charge is 2.05. The van der Waals surface area contributed by atoms with E-state index in [4.69, 9.17) is 11.6 Å². The van der Waals surface area contributed by atoms with Gasteiger partial charge in [0, 0.05) is 5.02 Å². The monoisotopic (exact) mass is 267 g/mol. The van der Waals surface area contributed by atoms with E-state index in [2.05, 4.69) is 29.1 Å². The van der Waals surface area contributed by atoms with E-state index in [1.165, 1.54) is 0 Å². The maximum Gasteiger partial charge on any atom is 0.201 e. The Morgan fingerprint density at radius 1 is 1.33 bits per heavy atom. The number of anilines is 1. The summed E-state index contributed by atoms with van der Waals surface area (Å²) in [6, 6.07) is 5.67. The highest BCUT2D eigenvalue weighted by molar-refractivity contribution is 6.31. The zero-order valence-corrected chi connectivity index (χ0v) is 11.6. The highest BCUT2D eigenvalue weighted by atomic mass is 35.5. The van der Waals surface area contributed by atoms with E-state index in [0.717, 1.165) is 48.2 Å². The van der Waals surface area contributed by atoms with E-state index in [-0.39, 0.29) is 0 Å². The Kier molecular flexibility index (Phi) is 4.44. The van der Waals surface area contributed by atoms with Crippen LogP contribution in [0.1, 0.15) is 13.8 Å². The molecule has 4 nitrogen and oxygen atoms in total. The van der Waals surface area contributed by atoms with Gasteiger partial charge >= 0.3 is 0 Å². The molecule has 0 aliphatic rings. The summed E-state index contributed by atoms with van der Waals surface area (Å²) in [7, 11) is 0. The van der Waals surface area contributed by atoms with Crippen LogP contribution >= 0.6 is 11.6 Å². The van der Waals surface area contributed by atoms with Gasteiger partial charge in [0.05, 0.1) is 37.2 Å². The lowest BCUT2D eigenvalue weighted by Crippen LogP contribution is -3.12. The van der Waals surface area contributed by atoms with Crippen molar-refractivity contribution in [2.75, 3.05) is 31.5 Å². The second kappa shape index (κ2) is 6.07.